The average molecular weight is 590 g/mol. The summed E-state index contributed by atoms with van der Waals surface area (Å²) in [7, 11) is 0. The highest BCUT2D eigenvalue weighted by atomic mass is 16.7. The van der Waals surface area contributed by atoms with E-state index in [-0.39, 0.29) is 36.3 Å². The fourth-order valence-corrected chi connectivity index (χ4v) is 8.89. The first-order valence-corrected chi connectivity index (χ1v) is 16.4. The van der Waals surface area contributed by atoms with Crippen LogP contribution in [0, 0.1) is 23.7 Å². The first-order chi connectivity index (χ1) is 20.9. The number of urea groups is 1. The Balaban J connectivity index is 0.999. The number of rotatable bonds is 8. The Hall–Kier alpha value is -2.49. The zero-order valence-corrected chi connectivity index (χ0v) is 25.4. The molecule has 0 radical (unpaired) electrons. The third-order valence-electron chi connectivity index (χ3n) is 10.8. The first kappa shape index (κ1) is 29.2. The van der Waals surface area contributed by atoms with Gasteiger partial charge in [-0.05, 0) is 73.0 Å². The SMILES string of the molecule is C[C@@H]1[C@H](CN2CCOCC2)O[C@H](c2ccc(CNC(=O)NC34CC5CC(CC(C5)C3)C4)cc2)O[C@@H]1c1ccc(CO)cc1. The highest BCUT2D eigenvalue weighted by Gasteiger charge is 2.51. The van der Waals surface area contributed by atoms with Crippen molar-refractivity contribution in [2.75, 3.05) is 32.8 Å². The number of benzene rings is 2. The van der Waals surface area contributed by atoms with Crippen molar-refractivity contribution < 1.29 is 24.1 Å². The van der Waals surface area contributed by atoms with Gasteiger partial charge in [0.25, 0.3) is 0 Å². The van der Waals surface area contributed by atoms with E-state index in [2.05, 4.69) is 58.9 Å². The molecule has 6 aliphatic rings. The van der Waals surface area contributed by atoms with Crippen LogP contribution in [0.2, 0.25) is 0 Å². The molecule has 4 aliphatic carbocycles. The Bertz CT molecular complexity index is 1210. The summed E-state index contributed by atoms with van der Waals surface area (Å²) >= 11 is 0. The molecular weight excluding hydrogens is 542 g/mol. The number of amides is 2. The number of aliphatic hydroxyl groups is 1. The number of hydrogen-bond acceptors (Lipinski definition) is 6. The van der Waals surface area contributed by atoms with Crippen LogP contribution in [0.1, 0.15) is 80.1 Å². The van der Waals surface area contributed by atoms with Crippen LogP contribution in [0.25, 0.3) is 0 Å². The van der Waals surface area contributed by atoms with Gasteiger partial charge in [-0.25, -0.2) is 4.79 Å². The number of morpholine rings is 1. The molecule has 2 amide bonds. The minimum absolute atomic E-state index is 0.00556. The Morgan fingerprint density at radius 1 is 0.884 bits per heavy atom. The minimum Gasteiger partial charge on any atom is -0.392 e. The predicted molar refractivity (Wildman–Crippen MR) is 163 cm³/mol. The molecular formula is C35H47N3O5. The minimum atomic E-state index is -0.494. The standard InChI is InChI=1S/C35H47N3O5/c1-23-31(21-38-10-12-41-13-11-38)42-33(43-32(23)29-6-4-25(22-39)5-7-29)30-8-2-24(3-9-30)20-36-34(40)37-35-17-26-14-27(18-35)16-28(15-26)19-35/h2-9,23,26-28,31-33,39H,10-22H2,1H3,(H2,36,37,40)/t23-,26?,27?,28?,31+,32+,33+,35?/m1/s1. The molecule has 43 heavy (non-hydrogen) atoms. The normalized spacial score (nSPS) is 35.5. The van der Waals surface area contributed by atoms with Gasteiger partial charge in [-0.3, -0.25) is 4.90 Å². The van der Waals surface area contributed by atoms with Crippen molar-refractivity contribution in [3.63, 3.8) is 0 Å². The summed E-state index contributed by atoms with van der Waals surface area (Å²) < 4.78 is 18.8. The summed E-state index contributed by atoms with van der Waals surface area (Å²) in [6, 6.07) is 16.3. The zero-order valence-electron chi connectivity index (χ0n) is 25.4. The van der Waals surface area contributed by atoms with E-state index in [9.17, 15) is 9.90 Å². The maximum absolute atomic E-state index is 13.0. The van der Waals surface area contributed by atoms with Crippen molar-refractivity contribution in [1.82, 2.24) is 15.5 Å². The molecule has 2 aromatic carbocycles. The monoisotopic (exact) mass is 589 g/mol. The van der Waals surface area contributed by atoms with Crippen LogP contribution in [0.4, 0.5) is 4.79 Å². The third kappa shape index (κ3) is 6.50. The molecule has 8 heteroatoms. The highest BCUT2D eigenvalue weighted by Crippen LogP contribution is 2.55. The summed E-state index contributed by atoms with van der Waals surface area (Å²) in [5.74, 6) is 2.56. The van der Waals surface area contributed by atoms with Crippen molar-refractivity contribution in [2.45, 2.75) is 82.6 Å². The van der Waals surface area contributed by atoms with Crippen molar-refractivity contribution in [1.29, 1.82) is 0 Å². The van der Waals surface area contributed by atoms with Gasteiger partial charge >= 0.3 is 6.03 Å². The van der Waals surface area contributed by atoms with E-state index in [1.807, 2.05) is 12.1 Å². The smallest absolute Gasteiger partial charge is 0.315 e. The van der Waals surface area contributed by atoms with E-state index >= 15 is 0 Å². The molecule has 0 unspecified atom stereocenters. The van der Waals surface area contributed by atoms with Crippen LogP contribution >= 0.6 is 0 Å². The lowest BCUT2D eigenvalue weighted by Crippen LogP contribution is -2.61. The molecule has 8 nitrogen and oxygen atoms in total. The second-order valence-corrected chi connectivity index (χ2v) is 14.0. The van der Waals surface area contributed by atoms with Gasteiger partial charge in [0, 0.05) is 43.2 Å². The van der Waals surface area contributed by atoms with Crippen molar-refractivity contribution >= 4 is 6.03 Å². The van der Waals surface area contributed by atoms with E-state index in [4.69, 9.17) is 14.2 Å². The fraction of sp³-hybridized carbons (Fsp3) is 0.629. The number of hydrogen-bond donors (Lipinski definition) is 3. The lowest BCUT2D eigenvalue weighted by atomic mass is 9.53. The molecule has 4 bridgehead atoms. The van der Waals surface area contributed by atoms with Crippen LogP contribution in [0.3, 0.4) is 0 Å². The quantitative estimate of drug-likeness (QED) is 0.398. The van der Waals surface area contributed by atoms with Crippen LogP contribution in [0.15, 0.2) is 48.5 Å². The molecule has 6 fully saturated rings. The van der Waals surface area contributed by atoms with Crippen molar-refractivity contribution in [3.05, 3.63) is 70.8 Å². The van der Waals surface area contributed by atoms with Crippen LogP contribution < -0.4 is 10.6 Å². The first-order valence-electron chi connectivity index (χ1n) is 16.4. The van der Waals surface area contributed by atoms with Gasteiger partial charge in [0.05, 0.1) is 32.0 Å². The number of ether oxygens (including phenoxy) is 3. The summed E-state index contributed by atoms with van der Waals surface area (Å²) in [6.07, 6.45) is 6.93. The largest absolute Gasteiger partial charge is 0.392 e. The van der Waals surface area contributed by atoms with Crippen LogP contribution in [-0.4, -0.2) is 60.5 Å². The van der Waals surface area contributed by atoms with E-state index in [1.54, 1.807) is 0 Å². The number of carbonyl (C=O) groups excluding carboxylic acids is 1. The summed E-state index contributed by atoms with van der Waals surface area (Å²) in [6.45, 7) is 6.87. The molecule has 8 rings (SSSR count). The number of nitrogens with one attached hydrogen (secondary N) is 2. The van der Waals surface area contributed by atoms with Crippen LogP contribution in [-0.2, 0) is 27.4 Å². The average Bonchev–Trinajstić information content (AvgIpc) is 3.01. The molecule has 2 aromatic rings. The Morgan fingerprint density at radius 2 is 1.49 bits per heavy atom. The van der Waals surface area contributed by atoms with Crippen LogP contribution in [0.5, 0.6) is 0 Å². The zero-order chi connectivity index (χ0) is 29.4. The maximum Gasteiger partial charge on any atom is 0.315 e. The second kappa shape index (κ2) is 12.5. The third-order valence-corrected chi connectivity index (χ3v) is 10.8. The Kier molecular flexibility index (Phi) is 8.49. The molecule has 232 valence electrons. The highest BCUT2D eigenvalue weighted by molar-refractivity contribution is 5.75. The lowest BCUT2D eigenvalue weighted by Gasteiger charge is -2.56. The topological polar surface area (TPSA) is 92.3 Å². The Labute approximate surface area is 255 Å². The van der Waals surface area contributed by atoms with E-state index in [1.165, 1.54) is 19.3 Å². The molecule has 3 N–H and O–H groups in total. The maximum atomic E-state index is 13.0. The molecule has 2 saturated heterocycles. The second-order valence-electron chi connectivity index (χ2n) is 14.0. The van der Waals surface area contributed by atoms with Gasteiger partial charge in [0.1, 0.15) is 0 Å². The van der Waals surface area contributed by atoms with E-state index < -0.39 is 6.29 Å². The molecule has 4 atom stereocenters. The molecule has 0 spiro atoms. The van der Waals surface area contributed by atoms with Gasteiger partial charge in [0.2, 0.25) is 0 Å². The number of nitrogens with zero attached hydrogens (tertiary/aromatic N) is 1. The molecule has 2 aliphatic heterocycles. The molecule has 2 heterocycles. The molecule has 0 aromatic heterocycles. The van der Waals surface area contributed by atoms with Crippen molar-refractivity contribution in [3.8, 4) is 0 Å². The van der Waals surface area contributed by atoms with Gasteiger partial charge in [-0.15, -0.1) is 0 Å². The summed E-state index contributed by atoms with van der Waals surface area (Å²) in [5.41, 5.74) is 4.02. The number of aliphatic hydroxyl groups excluding tert-OH is 1. The van der Waals surface area contributed by atoms with Gasteiger partial charge < -0.3 is 30.0 Å². The van der Waals surface area contributed by atoms with Gasteiger partial charge in [-0.2, -0.15) is 0 Å². The lowest BCUT2D eigenvalue weighted by molar-refractivity contribution is -0.277. The predicted octanol–water partition coefficient (Wildman–Crippen LogP) is 5.07. The molecule has 4 saturated carbocycles. The number of carbonyl (C=O) groups is 1. The summed E-state index contributed by atoms with van der Waals surface area (Å²) in [5, 5.41) is 16.1. The Morgan fingerprint density at radius 3 is 2.12 bits per heavy atom. The van der Waals surface area contributed by atoms with Gasteiger partial charge in [-0.1, -0.05) is 55.5 Å². The van der Waals surface area contributed by atoms with Crippen molar-refractivity contribution in [2.24, 2.45) is 23.7 Å². The summed E-state index contributed by atoms with van der Waals surface area (Å²) in [4.78, 5) is 15.4. The van der Waals surface area contributed by atoms with E-state index in [0.717, 1.165) is 92.1 Å². The fourth-order valence-electron chi connectivity index (χ4n) is 8.89. The van der Waals surface area contributed by atoms with E-state index in [0.29, 0.717) is 6.54 Å². The van der Waals surface area contributed by atoms with Gasteiger partial charge in [0.15, 0.2) is 6.29 Å².